The Morgan fingerprint density at radius 2 is 1.88 bits per heavy atom. The van der Waals surface area contributed by atoms with Gasteiger partial charge in [-0.15, -0.1) is 0 Å². The van der Waals surface area contributed by atoms with E-state index in [1.165, 1.54) is 0 Å². The number of anilines is 1. The van der Waals surface area contributed by atoms with Crippen molar-refractivity contribution in [1.29, 1.82) is 0 Å². The molecule has 3 heterocycles. The predicted octanol–water partition coefficient (Wildman–Crippen LogP) is 3.03. The number of carbonyl (C=O) groups is 2. The lowest BCUT2D eigenvalue weighted by atomic mass is 10.2. The molecule has 32 heavy (non-hydrogen) atoms. The number of nitrogens with zero attached hydrogens (tertiary/aromatic N) is 4. The second kappa shape index (κ2) is 12.4. The number of carbonyl (C=O) groups excluding carboxylic acids is 2. The Morgan fingerprint density at radius 1 is 1.09 bits per heavy atom. The highest BCUT2D eigenvalue weighted by Crippen LogP contribution is 2.18. The van der Waals surface area contributed by atoms with Crippen LogP contribution in [-0.2, 0) is 4.74 Å². The fourth-order valence-corrected chi connectivity index (χ4v) is 3.59. The maximum atomic E-state index is 12.7. The lowest BCUT2D eigenvalue weighted by molar-refractivity contribution is 0.0746. The molecule has 0 spiro atoms. The molecule has 9 heteroatoms. The van der Waals surface area contributed by atoms with Crippen molar-refractivity contribution in [3.05, 3.63) is 52.9 Å². The summed E-state index contributed by atoms with van der Waals surface area (Å²) in [5.41, 5.74) is 0.948. The van der Waals surface area contributed by atoms with Crippen LogP contribution in [0.25, 0.3) is 0 Å². The first-order valence-electron chi connectivity index (χ1n) is 11.1. The molecule has 2 amide bonds. The van der Waals surface area contributed by atoms with Crippen molar-refractivity contribution in [3.8, 4) is 0 Å². The Kier molecular flexibility index (Phi) is 9.25. The van der Waals surface area contributed by atoms with Crippen LogP contribution in [0.4, 0.5) is 5.82 Å². The molecule has 2 aromatic rings. The van der Waals surface area contributed by atoms with Crippen LogP contribution in [0.15, 0.2) is 36.7 Å². The summed E-state index contributed by atoms with van der Waals surface area (Å²) in [6.07, 6.45) is 6.13. The van der Waals surface area contributed by atoms with Crippen LogP contribution in [0.5, 0.6) is 0 Å². The Labute approximate surface area is 193 Å². The first-order chi connectivity index (χ1) is 15.6. The maximum Gasteiger partial charge on any atom is 0.257 e. The summed E-state index contributed by atoms with van der Waals surface area (Å²) in [6, 6.07) is 7.02. The van der Waals surface area contributed by atoms with Crippen molar-refractivity contribution < 1.29 is 14.3 Å². The number of amides is 2. The molecule has 0 atom stereocenters. The third-order valence-corrected chi connectivity index (χ3v) is 5.58. The monoisotopic (exact) mass is 459 g/mol. The van der Waals surface area contributed by atoms with E-state index in [0.29, 0.717) is 50.5 Å². The van der Waals surface area contributed by atoms with Crippen LogP contribution in [0.1, 0.15) is 46.9 Å². The molecule has 3 rings (SSSR count). The third kappa shape index (κ3) is 6.64. The van der Waals surface area contributed by atoms with Gasteiger partial charge in [-0.3, -0.25) is 9.59 Å². The number of halogens is 1. The van der Waals surface area contributed by atoms with Gasteiger partial charge in [-0.1, -0.05) is 24.9 Å². The number of piperazine rings is 1. The fourth-order valence-electron chi connectivity index (χ4n) is 3.39. The zero-order chi connectivity index (χ0) is 22.8. The molecule has 1 aliphatic heterocycles. The van der Waals surface area contributed by atoms with E-state index in [1.807, 2.05) is 6.07 Å². The van der Waals surface area contributed by atoms with E-state index >= 15 is 0 Å². The highest BCUT2D eigenvalue weighted by molar-refractivity contribution is 6.32. The molecule has 0 aliphatic carbocycles. The van der Waals surface area contributed by atoms with Crippen LogP contribution >= 0.6 is 11.6 Å². The topological polar surface area (TPSA) is 87.7 Å². The molecule has 2 aromatic heterocycles. The first kappa shape index (κ1) is 23.9. The van der Waals surface area contributed by atoms with Crippen LogP contribution < -0.4 is 10.2 Å². The molecule has 0 aromatic carbocycles. The lowest BCUT2D eigenvalue weighted by Crippen LogP contribution is -2.49. The standard InChI is InChI=1S/C23H30ClN5O3/c1-2-3-15-32-16-5-10-26-22(30)18-7-8-20(27-17-18)28-11-13-29(14-12-28)23(31)19-6-4-9-25-21(19)24/h4,6-9,17H,2-3,5,10-16H2,1H3,(H,26,30). The molecule has 8 nitrogen and oxygen atoms in total. The summed E-state index contributed by atoms with van der Waals surface area (Å²) in [5.74, 6) is 0.539. The minimum Gasteiger partial charge on any atom is -0.381 e. The first-order valence-corrected chi connectivity index (χ1v) is 11.4. The highest BCUT2D eigenvalue weighted by atomic mass is 35.5. The molecule has 1 fully saturated rings. The zero-order valence-corrected chi connectivity index (χ0v) is 19.2. The van der Waals surface area contributed by atoms with Gasteiger partial charge in [-0.2, -0.15) is 0 Å². The number of aromatic nitrogens is 2. The van der Waals surface area contributed by atoms with Gasteiger partial charge in [-0.05, 0) is 37.1 Å². The molecule has 1 saturated heterocycles. The number of unbranched alkanes of at least 4 members (excludes halogenated alkanes) is 1. The SMILES string of the molecule is CCCCOCCCNC(=O)c1ccc(N2CCN(C(=O)c3cccnc3Cl)CC2)nc1. The number of rotatable bonds is 10. The van der Waals surface area contributed by atoms with Gasteiger partial charge in [0.1, 0.15) is 11.0 Å². The Hall–Kier alpha value is -2.71. The number of pyridine rings is 2. The van der Waals surface area contributed by atoms with Gasteiger partial charge < -0.3 is 19.9 Å². The third-order valence-electron chi connectivity index (χ3n) is 5.28. The van der Waals surface area contributed by atoms with E-state index in [0.717, 1.165) is 31.7 Å². The largest absolute Gasteiger partial charge is 0.381 e. The predicted molar refractivity (Wildman–Crippen MR) is 124 cm³/mol. The van der Waals surface area contributed by atoms with Crippen molar-refractivity contribution in [2.75, 3.05) is 50.8 Å². The van der Waals surface area contributed by atoms with Gasteiger partial charge in [-0.25, -0.2) is 9.97 Å². The number of ether oxygens (including phenoxy) is 1. The Balaban J connectivity index is 1.43. The smallest absolute Gasteiger partial charge is 0.257 e. The normalized spacial score (nSPS) is 13.8. The van der Waals surface area contributed by atoms with Gasteiger partial charge in [0.2, 0.25) is 0 Å². The quantitative estimate of drug-likeness (QED) is 0.434. The van der Waals surface area contributed by atoms with E-state index in [1.54, 1.807) is 35.5 Å². The van der Waals surface area contributed by atoms with E-state index in [-0.39, 0.29) is 17.0 Å². The van der Waals surface area contributed by atoms with Gasteiger partial charge in [0.05, 0.1) is 11.1 Å². The molecule has 0 saturated carbocycles. The summed E-state index contributed by atoms with van der Waals surface area (Å²) in [4.78, 5) is 37.3. The molecular weight excluding hydrogens is 430 g/mol. The number of hydrogen-bond acceptors (Lipinski definition) is 6. The Morgan fingerprint density at radius 3 is 2.56 bits per heavy atom. The van der Waals surface area contributed by atoms with Crippen LogP contribution in [0.3, 0.4) is 0 Å². The molecule has 0 bridgehead atoms. The Bertz CT molecular complexity index is 885. The minimum atomic E-state index is -0.138. The molecule has 0 unspecified atom stereocenters. The maximum absolute atomic E-state index is 12.7. The van der Waals surface area contributed by atoms with Gasteiger partial charge >= 0.3 is 0 Å². The van der Waals surface area contributed by atoms with Crippen LogP contribution in [0, 0.1) is 0 Å². The van der Waals surface area contributed by atoms with Crippen LogP contribution in [0.2, 0.25) is 5.15 Å². The van der Waals surface area contributed by atoms with E-state index in [9.17, 15) is 9.59 Å². The average molecular weight is 460 g/mol. The highest BCUT2D eigenvalue weighted by Gasteiger charge is 2.24. The van der Waals surface area contributed by atoms with Crippen molar-refractivity contribution in [3.63, 3.8) is 0 Å². The summed E-state index contributed by atoms with van der Waals surface area (Å²) in [7, 11) is 0. The second-order valence-electron chi connectivity index (χ2n) is 7.60. The molecule has 1 aliphatic rings. The lowest BCUT2D eigenvalue weighted by Gasteiger charge is -2.35. The summed E-state index contributed by atoms with van der Waals surface area (Å²) >= 11 is 6.05. The molecule has 172 valence electrons. The zero-order valence-electron chi connectivity index (χ0n) is 18.4. The number of hydrogen-bond donors (Lipinski definition) is 1. The summed E-state index contributed by atoms with van der Waals surface area (Å²) in [6.45, 7) is 6.56. The van der Waals surface area contributed by atoms with Crippen molar-refractivity contribution in [2.24, 2.45) is 0 Å². The summed E-state index contributed by atoms with van der Waals surface area (Å²) in [5, 5.41) is 3.12. The second-order valence-corrected chi connectivity index (χ2v) is 7.96. The molecule has 0 radical (unpaired) electrons. The number of nitrogens with one attached hydrogen (secondary N) is 1. The molecular formula is C23H30ClN5O3. The fraction of sp³-hybridized carbons (Fsp3) is 0.478. The van der Waals surface area contributed by atoms with E-state index < -0.39 is 0 Å². The molecule has 1 N–H and O–H groups in total. The van der Waals surface area contributed by atoms with Gasteiger partial charge in [0, 0.05) is 58.3 Å². The van der Waals surface area contributed by atoms with Crippen molar-refractivity contribution in [2.45, 2.75) is 26.2 Å². The van der Waals surface area contributed by atoms with Gasteiger partial charge in [0.15, 0.2) is 0 Å². The minimum absolute atomic E-state index is 0.113. The van der Waals surface area contributed by atoms with Crippen LogP contribution in [-0.4, -0.2) is 72.6 Å². The van der Waals surface area contributed by atoms with Crippen molar-refractivity contribution >= 4 is 29.2 Å². The average Bonchev–Trinajstić information content (AvgIpc) is 2.83. The van der Waals surface area contributed by atoms with Gasteiger partial charge in [0.25, 0.3) is 11.8 Å². The van der Waals surface area contributed by atoms with Crippen molar-refractivity contribution in [1.82, 2.24) is 20.2 Å². The van der Waals surface area contributed by atoms with E-state index in [4.69, 9.17) is 16.3 Å². The van der Waals surface area contributed by atoms with E-state index in [2.05, 4.69) is 27.1 Å². The summed E-state index contributed by atoms with van der Waals surface area (Å²) < 4.78 is 5.49.